The van der Waals surface area contributed by atoms with Crippen molar-refractivity contribution in [2.45, 2.75) is 31.2 Å². The molecule has 10 heteroatoms. The predicted molar refractivity (Wildman–Crippen MR) is 112 cm³/mol. The summed E-state index contributed by atoms with van der Waals surface area (Å²) in [6.07, 6.45) is 0.302. The van der Waals surface area contributed by atoms with Crippen LogP contribution in [0.5, 0.6) is 0 Å². The van der Waals surface area contributed by atoms with Crippen LogP contribution in [0.3, 0.4) is 0 Å². The number of hydrogen-bond acceptors (Lipinski definition) is 6. The molecule has 30 heavy (non-hydrogen) atoms. The van der Waals surface area contributed by atoms with Crippen molar-refractivity contribution in [3.63, 3.8) is 0 Å². The first-order valence-electron chi connectivity index (χ1n) is 9.20. The van der Waals surface area contributed by atoms with Gasteiger partial charge in [-0.3, -0.25) is 4.79 Å². The summed E-state index contributed by atoms with van der Waals surface area (Å²) in [7, 11) is -3.79. The molecule has 0 aliphatic carbocycles. The van der Waals surface area contributed by atoms with Gasteiger partial charge in [0.15, 0.2) is 0 Å². The van der Waals surface area contributed by atoms with Crippen molar-refractivity contribution in [1.82, 2.24) is 20.2 Å². The number of nitrogens with one attached hydrogen (secondary N) is 2. The number of halogens is 1. The molecule has 0 unspecified atom stereocenters. The number of sulfonamides is 1. The second kappa shape index (κ2) is 9.38. The summed E-state index contributed by atoms with van der Waals surface area (Å²) in [5.74, 6) is 0.288. The molecule has 0 spiro atoms. The van der Waals surface area contributed by atoms with Gasteiger partial charge >= 0.3 is 0 Å². The molecular weight excluding hydrogens is 428 g/mol. The Hall–Kier alpha value is -2.75. The molecule has 2 aromatic carbocycles. The maximum absolute atomic E-state index is 12.4. The standard InChI is InChI=1S/C20H21ClN4O4S/c1-13-6-8-17(9-7-13)30(27,28)25-14(2)20(26)22-11-10-18-23-19(24-29-18)15-4-3-5-16(21)12-15/h3-9,12,14,25H,10-11H2,1-2H3,(H,22,26)/t14-/m0/s1. The van der Waals surface area contributed by atoms with Crippen molar-refractivity contribution < 1.29 is 17.7 Å². The minimum atomic E-state index is -3.79. The van der Waals surface area contributed by atoms with E-state index in [1.165, 1.54) is 19.1 Å². The van der Waals surface area contributed by atoms with E-state index in [2.05, 4.69) is 20.2 Å². The zero-order chi connectivity index (χ0) is 21.7. The molecule has 1 heterocycles. The first-order valence-corrected chi connectivity index (χ1v) is 11.1. The van der Waals surface area contributed by atoms with Crippen molar-refractivity contribution in [3.05, 3.63) is 65.0 Å². The van der Waals surface area contributed by atoms with Gasteiger partial charge in [-0.2, -0.15) is 9.71 Å². The fourth-order valence-electron chi connectivity index (χ4n) is 2.62. The van der Waals surface area contributed by atoms with Crippen LogP contribution in [0.1, 0.15) is 18.4 Å². The molecule has 0 saturated heterocycles. The van der Waals surface area contributed by atoms with Gasteiger partial charge in [0.05, 0.1) is 10.9 Å². The van der Waals surface area contributed by atoms with Gasteiger partial charge in [-0.15, -0.1) is 0 Å². The number of nitrogens with zero attached hydrogens (tertiary/aromatic N) is 2. The van der Waals surface area contributed by atoms with E-state index in [4.69, 9.17) is 16.1 Å². The molecule has 158 valence electrons. The number of carbonyl (C=O) groups is 1. The molecule has 0 aliphatic heterocycles. The van der Waals surface area contributed by atoms with Crippen LogP contribution in [0, 0.1) is 6.92 Å². The Morgan fingerprint density at radius 2 is 1.93 bits per heavy atom. The average molecular weight is 449 g/mol. The molecule has 0 aliphatic rings. The second-order valence-electron chi connectivity index (χ2n) is 6.72. The smallest absolute Gasteiger partial charge is 0.241 e. The number of carbonyl (C=O) groups excluding carboxylic acids is 1. The summed E-state index contributed by atoms with van der Waals surface area (Å²) in [5, 5.41) is 7.12. The Kier molecular flexibility index (Phi) is 6.86. The van der Waals surface area contributed by atoms with E-state index in [0.29, 0.717) is 23.2 Å². The lowest BCUT2D eigenvalue weighted by Gasteiger charge is -2.14. The zero-order valence-corrected chi connectivity index (χ0v) is 18.0. The molecule has 1 atom stereocenters. The zero-order valence-electron chi connectivity index (χ0n) is 16.4. The summed E-state index contributed by atoms with van der Waals surface area (Å²) in [6, 6.07) is 12.5. The van der Waals surface area contributed by atoms with Crippen LogP contribution in [0.15, 0.2) is 57.9 Å². The summed E-state index contributed by atoms with van der Waals surface area (Å²) < 4.78 is 32.3. The van der Waals surface area contributed by atoms with Crippen LogP contribution in [-0.4, -0.2) is 37.1 Å². The lowest BCUT2D eigenvalue weighted by Crippen LogP contribution is -2.45. The Morgan fingerprint density at radius 1 is 1.20 bits per heavy atom. The highest BCUT2D eigenvalue weighted by molar-refractivity contribution is 7.89. The van der Waals surface area contributed by atoms with Crippen molar-refractivity contribution in [2.24, 2.45) is 0 Å². The number of amides is 1. The number of hydrogen-bond donors (Lipinski definition) is 2. The molecule has 8 nitrogen and oxygen atoms in total. The highest BCUT2D eigenvalue weighted by Crippen LogP contribution is 2.20. The third-order valence-corrected chi connectivity index (χ3v) is 6.04. The Morgan fingerprint density at radius 3 is 2.63 bits per heavy atom. The van der Waals surface area contributed by atoms with Gasteiger partial charge in [0, 0.05) is 23.6 Å². The Bertz CT molecular complexity index is 1130. The summed E-state index contributed by atoms with van der Waals surface area (Å²) in [6.45, 7) is 3.55. The first-order chi connectivity index (χ1) is 14.2. The number of aryl methyl sites for hydroxylation is 1. The van der Waals surface area contributed by atoms with E-state index < -0.39 is 22.0 Å². The first kappa shape index (κ1) is 21.9. The number of aromatic nitrogens is 2. The van der Waals surface area contributed by atoms with Crippen molar-refractivity contribution in [2.75, 3.05) is 6.54 Å². The highest BCUT2D eigenvalue weighted by atomic mass is 35.5. The van der Waals surface area contributed by atoms with E-state index in [-0.39, 0.29) is 11.4 Å². The molecule has 0 bridgehead atoms. The average Bonchev–Trinajstić information content (AvgIpc) is 3.17. The van der Waals surface area contributed by atoms with Gasteiger partial charge in [-0.25, -0.2) is 8.42 Å². The molecule has 3 rings (SSSR count). The number of rotatable bonds is 8. The minimum Gasteiger partial charge on any atom is -0.354 e. The lowest BCUT2D eigenvalue weighted by atomic mass is 10.2. The SMILES string of the molecule is Cc1ccc(S(=O)(=O)N[C@@H](C)C(=O)NCCc2nc(-c3cccc(Cl)c3)no2)cc1. The van der Waals surface area contributed by atoms with Crippen LogP contribution < -0.4 is 10.0 Å². The van der Waals surface area contributed by atoms with Gasteiger partial charge < -0.3 is 9.84 Å². The van der Waals surface area contributed by atoms with Gasteiger partial charge in [-0.05, 0) is 38.1 Å². The molecule has 2 N–H and O–H groups in total. The van der Waals surface area contributed by atoms with E-state index in [1.54, 1.807) is 30.3 Å². The fourth-order valence-corrected chi connectivity index (χ4v) is 4.01. The maximum atomic E-state index is 12.4. The normalized spacial score (nSPS) is 12.5. The van der Waals surface area contributed by atoms with Crippen LogP contribution in [0.4, 0.5) is 0 Å². The van der Waals surface area contributed by atoms with Crippen molar-refractivity contribution in [1.29, 1.82) is 0 Å². The van der Waals surface area contributed by atoms with E-state index in [1.807, 2.05) is 13.0 Å². The lowest BCUT2D eigenvalue weighted by molar-refractivity contribution is -0.122. The third kappa shape index (κ3) is 5.65. The van der Waals surface area contributed by atoms with E-state index in [9.17, 15) is 13.2 Å². The molecule has 1 amide bonds. The minimum absolute atomic E-state index is 0.104. The van der Waals surface area contributed by atoms with E-state index >= 15 is 0 Å². The topological polar surface area (TPSA) is 114 Å². The van der Waals surface area contributed by atoms with Crippen LogP contribution >= 0.6 is 11.6 Å². The molecule has 1 aromatic heterocycles. The van der Waals surface area contributed by atoms with Crippen LogP contribution in [-0.2, 0) is 21.2 Å². The van der Waals surface area contributed by atoms with E-state index in [0.717, 1.165) is 11.1 Å². The van der Waals surface area contributed by atoms with Gasteiger partial charge in [0.25, 0.3) is 0 Å². The summed E-state index contributed by atoms with van der Waals surface area (Å²) in [5.41, 5.74) is 1.67. The highest BCUT2D eigenvalue weighted by Gasteiger charge is 2.22. The van der Waals surface area contributed by atoms with Gasteiger partial charge in [0.2, 0.25) is 27.6 Å². The number of benzene rings is 2. The molecular formula is C20H21ClN4O4S. The quantitative estimate of drug-likeness (QED) is 0.547. The fraction of sp³-hybridized carbons (Fsp3) is 0.250. The summed E-state index contributed by atoms with van der Waals surface area (Å²) in [4.78, 5) is 16.6. The molecule has 0 radical (unpaired) electrons. The summed E-state index contributed by atoms with van der Waals surface area (Å²) >= 11 is 5.96. The van der Waals surface area contributed by atoms with Gasteiger partial charge in [0.1, 0.15) is 0 Å². The maximum Gasteiger partial charge on any atom is 0.241 e. The Balaban J connectivity index is 1.51. The van der Waals surface area contributed by atoms with Gasteiger partial charge in [-0.1, -0.05) is 46.6 Å². The monoisotopic (exact) mass is 448 g/mol. The third-order valence-electron chi connectivity index (χ3n) is 4.25. The predicted octanol–water partition coefficient (Wildman–Crippen LogP) is 2.72. The second-order valence-corrected chi connectivity index (χ2v) is 8.87. The molecule has 0 fully saturated rings. The van der Waals surface area contributed by atoms with Crippen molar-refractivity contribution >= 4 is 27.5 Å². The van der Waals surface area contributed by atoms with Crippen molar-refractivity contribution in [3.8, 4) is 11.4 Å². The Labute approximate surface area is 179 Å². The molecule has 0 saturated carbocycles. The van der Waals surface area contributed by atoms with Crippen LogP contribution in [0.25, 0.3) is 11.4 Å². The largest absolute Gasteiger partial charge is 0.354 e. The van der Waals surface area contributed by atoms with Crippen LogP contribution in [0.2, 0.25) is 5.02 Å². The molecule has 3 aromatic rings.